The van der Waals surface area contributed by atoms with Gasteiger partial charge in [0.25, 0.3) is 0 Å². The van der Waals surface area contributed by atoms with Crippen LogP contribution < -0.4 is 5.73 Å². The van der Waals surface area contributed by atoms with Gasteiger partial charge in [-0.2, -0.15) is 0 Å². The highest BCUT2D eigenvalue weighted by molar-refractivity contribution is 5.83. The van der Waals surface area contributed by atoms with Crippen molar-refractivity contribution in [2.45, 2.75) is 53.0 Å². The van der Waals surface area contributed by atoms with Crippen LogP contribution in [0.5, 0.6) is 0 Å². The number of carbonyl (C=O) groups excluding carboxylic acids is 1. The topological polar surface area (TPSA) is 83.6 Å². The summed E-state index contributed by atoms with van der Waals surface area (Å²) in [6, 6.07) is 0.119. The van der Waals surface area contributed by atoms with Gasteiger partial charge < -0.3 is 15.7 Å². The molecule has 1 fully saturated rings. The third-order valence-electron chi connectivity index (χ3n) is 4.93. The van der Waals surface area contributed by atoms with Crippen molar-refractivity contribution >= 4 is 11.9 Å². The van der Waals surface area contributed by atoms with Crippen molar-refractivity contribution in [1.82, 2.24) is 4.90 Å². The molecule has 0 aromatic heterocycles. The number of nitrogens with two attached hydrogens (primary N) is 1. The SMILES string of the molecule is CCCN(CC(=O)O)C(=O)C1CCC(N)C(C)C1(C)C. The third-order valence-corrected chi connectivity index (χ3v) is 4.93. The maximum Gasteiger partial charge on any atom is 0.323 e. The van der Waals surface area contributed by atoms with E-state index in [1.165, 1.54) is 4.90 Å². The summed E-state index contributed by atoms with van der Waals surface area (Å²) < 4.78 is 0. The van der Waals surface area contributed by atoms with Gasteiger partial charge in [0.15, 0.2) is 0 Å². The minimum Gasteiger partial charge on any atom is -0.480 e. The lowest BCUT2D eigenvalue weighted by Gasteiger charge is -2.47. The highest BCUT2D eigenvalue weighted by atomic mass is 16.4. The maximum atomic E-state index is 12.7. The van der Waals surface area contributed by atoms with Crippen LogP contribution in [0.3, 0.4) is 0 Å². The predicted molar refractivity (Wildman–Crippen MR) is 78.2 cm³/mol. The first-order valence-corrected chi connectivity index (χ1v) is 7.48. The van der Waals surface area contributed by atoms with Gasteiger partial charge in [-0.1, -0.05) is 27.7 Å². The molecular formula is C15H28N2O3. The van der Waals surface area contributed by atoms with Crippen LogP contribution in [0.4, 0.5) is 0 Å². The van der Waals surface area contributed by atoms with Crippen LogP contribution in [0, 0.1) is 17.3 Å². The standard InChI is InChI=1S/C15H28N2O3/c1-5-8-17(9-13(18)19)14(20)11-6-7-12(16)10(2)15(11,3)4/h10-12H,5-9,16H2,1-4H3,(H,18,19). The van der Waals surface area contributed by atoms with Gasteiger partial charge in [0, 0.05) is 18.5 Å². The monoisotopic (exact) mass is 284 g/mol. The van der Waals surface area contributed by atoms with Crippen LogP contribution >= 0.6 is 0 Å². The Morgan fingerprint density at radius 3 is 2.45 bits per heavy atom. The van der Waals surface area contributed by atoms with Crippen molar-refractivity contribution in [1.29, 1.82) is 0 Å². The number of carboxylic acids is 1. The molecule has 3 unspecified atom stereocenters. The molecule has 0 aliphatic heterocycles. The van der Waals surface area contributed by atoms with Crippen LogP contribution in [0.15, 0.2) is 0 Å². The Hall–Kier alpha value is -1.10. The smallest absolute Gasteiger partial charge is 0.323 e. The summed E-state index contributed by atoms with van der Waals surface area (Å²) in [4.78, 5) is 25.1. The van der Waals surface area contributed by atoms with Gasteiger partial charge in [0.1, 0.15) is 6.54 Å². The second-order valence-electron chi connectivity index (χ2n) is 6.56. The van der Waals surface area contributed by atoms with E-state index in [0.29, 0.717) is 6.54 Å². The molecule has 0 heterocycles. The Bertz CT molecular complexity index is 368. The average molecular weight is 284 g/mol. The Morgan fingerprint density at radius 1 is 1.35 bits per heavy atom. The number of hydrogen-bond donors (Lipinski definition) is 2. The average Bonchev–Trinajstić information content (AvgIpc) is 2.34. The number of hydrogen-bond acceptors (Lipinski definition) is 3. The summed E-state index contributed by atoms with van der Waals surface area (Å²) in [5.74, 6) is -0.870. The first-order chi connectivity index (χ1) is 9.21. The summed E-state index contributed by atoms with van der Waals surface area (Å²) in [7, 11) is 0. The first-order valence-electron chi connectivity index (χ1n) is 7.48. The quantitative estimate of drug-likeness (QED) is 0.805. The number of rotatable bonds is 5. The molecule has 1 aliphatic carbocycles. The van der Waals surface area contributed by atoms with Gasteiger partial charge >= 0.3 is 5.97 Å². The molecule has 1 amide bonds. The Kier molecular flexibility index (Phi) is 5.57. The van der Waals surface area contributed by atoms with E-state index in [1.807, 2.05) is 6.92 Å². The molecule has 1 rings (SSSR count). The molecule has 3 N–H and O–H groups in total. The van der Waals surface area contributed by atoms with E-state index >= 15 is 0 Å². The van der Waals surface area contributed by atoms with E-state index in [4.69, 9.17) is 10.8 Å². The van der Waals surface area contributed by atoms with Gasteiger partial charge in [-0.05, 0) is 30.6 Å². The number of carboxylic acid groups (broad SMARTS) is 1. The zero-order chi connectivity index (χ0) is 15.5. The molecule has 0 aromatic carbocycles. The second kappa shape index (κ2) is 6.57. The van der Waals surface area contributed by atoms with Crippen LogP contribution in [0.25, 0.3) is 0 Å². The largest absolute Gasteiger partial charge is 0.480 e. The molecule has 0 saturated heterocycles. The van der Waals surface area contributed by atoms with Crippen LogP contribution in [0.2, 0.25) is 0 Å². The van der Waals surface area contributed by atoms with E-state index in [1.54, 1.807) is 0 Å². The van der Waals surface area contributed by atoms with E-state index < -0.39 is 5.97 Å². The van der Waals surface area contributed by atoms with Gasteiger partial charge in [-0.25, -0.2) is 0 Å². The minimum atomic E-state index is -0.954. The molecular weight excluding hydrogens is 256 g/mol. The van der Waals surface area contributed by atoms with Crippen molar-refractivity contribution in [3.63, 3.8) is 0 Å². The van der Waals surface area contributed by atoms with Crippen LogP contribution in [-0.4, -0.2) is 41.0 Å². The molecule has 1 saturated carbocycles. The number of nitrogens with zero attached hydrogens (tertiary/aromatic N) is 1. The summed E-state index contributed by atoms with van der Waals surface area (Å²) in [5.41, 5.74) is 5.92. The molecule has 5 nitrogen and oxygen atoms in total. The Balaban J connectivity index is 2.90. The third kappa shape index (κ3) is 3.51. The lowest BCUT2D eigenvalue weighted by molar-refractivity contribution is -0.150. The highest BCUT2D eigenvalue weighted by Crippen LogP contribution is 2.45. The van der Waals surface area contributed by atoms with Crippen molar-refractivity contribution in [2.75, 3.05) is 13.1 Å². The second-order valence-corrected chi connectivity index (χ2v) is 6.56. The van der Waals surface area contributed by atoms with E-state index in [0.717, 1.165) is 19.3 Å². The molecule has 116 valence electrons. The fourth-order valence-corrected chi connectivity index (χ4v) is 3.21. The van der Waals surface area contributed by atoms with Crippen molar-refractivity contribution in [3.05, 3.63) is 0 Å². The molecule has 3 atom stereocenters. The minimum absolute atomic E-state index is 0.0296. The zero-order valence-corrected chi connectivity index (χ0v) is 13.1. The normalized spacial score (nSPS) is 28.9. The molecule has 20 heavy (non-hydrogen) atoms. The summed E-state index contributed by atoms with van der Waals surface area (Å²) >= 11 is 0. The maximum absolute atomic E-state index is 12.7. The molecule has 0 bridgehead atoms. The number of aliphatic carboxylic acids is 1. The first kappa shape index (κ1) is 17.0. The zero-order valence-electron chi connectivity index (χ0n) is 13.1. The Labute approximate surface area is 121 Å². The molecule has 0 radical (unpaired) electrons. The van der Waals surface area contributed by atoms with Gasteiger partial charge in [0.05, 0.1) is 0 Å². The van der Waals surface area contributed by atoms with E-state index in [9.17, 15) is 9.59 Å². The van der Waals surface area contributed by atoms with Gasteiger partial charge in [-0.3, -0.25) is 9.59 Å². The number of carbonyl (C=O) groups is 2. The van der Waals surface area contributed by atoms with Gasteiger partial charge in [-0.15, -0.1) is 0 Å². The summed E-state index contributed by atoms with van der Waals surface area (Å²) in [5, 5.41) is 8.97. The van der Waals surface area contributed by atoms with Crippen LogP contribution in [-0.2, 0) is 9.59 Å². The lowest BCUT2D eigenvalue weighted by Crippen LogP contribution is -2.53. The summed E-state index contributed by atoms with van der Waals surface area (Å²) in [6.45, 7) is 8.48. The van der Waals surface area contributed by atoms with E-state index in [2.05, 4.69) is 20.8 Å². The predicted octanol–water partition coefficient (Wildman–Crippen LogP) is 1.71. The molecule has 5 heteroatoms. The van der Waals surface area contributed by atoms with Crippen molar-refractivity contribution in [3.8, 4) is 0 Å². The summed E-state index contributed by atoms with van der Waals surface area (Å²) in [6.07, 6.45) is 2.34. The Morgan fingerprint density at radius 2 is 1.95 bits per heavy atom. The van der Waals surface area contributed by atoms with Gasteiger partial charge in [0.2, 0.25) is 5.91 Å². The van der Waals surface area contributed by atoms with Crippen LogP contribution in [0.1, 0.15) is 47.0 Å². The fourth-order valence-electron chi connectivity index (χ4n) is 3.21. The molecule has 1 aliphatic rings. The number of amides is 1. The van der Waals surface area contributed by atoms with Crippen molar-refractivity contribution in [2.24, 2.45) is 23.0 Å². The van der Waals surface area contributed by atoms with Crippen molar-refractivity contribution < 1.29 is 14.7 Å². The molecule has 0 aromatic rings. The highest BCUT2D eigenvalue weighted by Gasteiger charge is 2.46. The molecule has 0 spiro atoms. The van der Waals surface area contributed by atoms with E-state index in [-0.39, 0.29) is 35.7 Å². The fraction of sp³-hybridized carbons (Fsp3) is 0.867. The lowest BCUT2D eigenvalue weighted by atomic mass is 9.60.